The third-order valence-corrected chi connectivity index (χ3v) is 4.06. The second kappa shape index (κ2) is 5.95. The Labute approximate surface area is 134 Å². The van der Waals surface area contributed by atoms with Crippen LogP contribution in [0.3, 0.4) is 0 Å². The van der Waals surface area contributed by atoms with Crippen molar-refractivity contribution >= 4 is 11.7 Å². The van der Waals surface area contributed by atoms with Crippen molar-refractivity contribution in [2.45, 2.75) is 20.8 Å². The molecule has 0 bridgehead atoms. The number of rotatable bonds is 2. The molecule has 0 radical (unpaired) electrons. The van der Waals surface area contributed by atoms with Gasteiger partial charge in [0, 0.05) is 25.5 Å². The lowest BCUT2D eigenvalue weighted by atomic mass is 10.1. The lowest BCUT2D eigenvalue weighted by Gasteiger charge is -2.21. The van der Waals surface area contributed by atoms with E-state index in [0.29, 0.717) is 24.3 Å². The molecule has 5 nitrogen and oxygen atoms in total. The second-order valence-corrected chi connectivity index (χ2v) is 5.95. The van der Waals surface area contributed by atoms with Crippen molar-refractivity contribution in [2.24, 2.45) is 0 Å². The Hall–Kier alpha value is -2.50. The van der Waals surface area contributed by atoms with Gasteiger partial charge in [-0.15, -0.1) is 0 Å². The van der Waals surface area contributed by atoms with E-state index in [1.165, 1.54) is 12.3 Å². The molecule has 1 aliphatic heterocycles. The number of hydrogen-bond donors (Lipinski definition) is 0. The number of aromatic nitrogens is 2. The van der Waals surface area contributed by atoms with Crippen LogP contribution in [0.25, 0.3) is 0 Å². The quantitative estimate of drug-likeness (QED) is 0.799. The summed E-state index contributed by atoms with van der Waals surface area (Å²) >= 11 is 0. The van der Waals surface area contributed by atoms with Gasteiger partial charge in [0.2, 0.25) is 5.95 Å². The number of amides is 1. The van der Waals surface area contributed by atoms with Crippen LogP contribution in [0.1, 0.15) is 27.0 Å². The number of aryl methyl sites for hydroxylation is 3. The zero-order valence-corrected chi connectivity index (χ0v) is 13.5. The van der Waals surface area contributed by atoms with E-state index >= 15 is 0 Å². The average Bonchev–Trinajstić information content (AvgIpc) is 2.96. The summed E-state index contributed by atoms with van der Waals surface area (Å²) in [7, 11) is 0. The number of anilines is 1. The lowest BCUT2D eigenvalue weighted by molar-refractivity contribution is 0.0793. The zero-order chi connectivity index (χ0) is 16.6. The maximum absolute atomic E-state index is 13.1. The summed E-state index contributed by atoms with van der Waals surface area (Å²) < 4.78 is 13.1. The molecule has 1 fully saturated rings. The number of hydrogen-bond acceptors (Lipinski definition) is 4. The van der Waals surface area contributed by atoms with Crippen LogP contribution in [0.4, 0.5) is 10.2 Å². The first kappa shape index (κ1) is 15.4. The van der Waals surface area contributed by atoms with Crippen LogP contribution in [0.2, 0.25) is 0 Å². The fourth-order valence-corrected chi connectivity index (χ4v) is 2.88. The van der Waals surface area contributed by atoms with Gasteiger partial charge in [-0.2, -0.15) is 4.39 Å². The molecule has 0 N–H and O–H groups in total. The highest BCUT2D eigenvalue weighted by atomic mass is 19.1. The van der Waals surface area contributed by atoms with Gasteiger partial charge < -0.3 is 9.80 Å². The van der Waals surface area contributed by atoms with Crippen LogP contribution >= 0.6 is 0 Å². The molecule has 3 heterocycles. The van der Waals surface area contributed by atoms with E-state index in [4.69, 9.17) is 0 Å². The second-order valence-electron chi connectivity index (χ2n) is 5.95. The van der Waals surface area contributed by atoms with Gasteiger partial charge >= 0.3 is 0 Å². The smallest absolute Gasteiger partial charge is 0.257 e. The molecular formula is C17H19FN4O. The van der Waals surface area contributed by atoms with Gasteiger partial charge in [-0.05, 0) is 43.5 Å². The molecule has 2 aromatic heterocycles. The Morgan fingerprint density at radius 3 is 2.57 bits per heavy atom. The zero-order valence-electron chi connectivity index (χ0n) is 13.5. The maximum atomic E-state index is 13.1. The molecule has 0 saturated carbocycles. The molecule has 1 aliphatic rings. The van der Waals surface area contributed by atoms with Crippen LogP contribution in [0.5, 0.6) is 0 Å². The summed E-state index contributed by atoms with van der Waals surface area (Å²) in [5.74, 6) is 0.212. The molecule has 0 spiro atoms. The summed E-state index contributed by atoms with van der Waals surface area (Å²) in [4.78, 5) is 24.5. The van der Waals surface area contributed by atoms with Crippen LogP contribution in [-0.2, 0) is 0 Å². The number of carbonyl (C=O) groups is 1. The minimum atomic E-state index is -0.568. The number of carbonyl (C=O) groups excluding carboxylic acids is 1. The Bertz CT molecular complexity index is 762. The molecular weight excluding hydrogens is 295 g/mol. The first-order chi connectivity index (χ1) is 11.0. The predicted molar refractivity (Wildman–Crippen MR) is 85.9 cm³/mol. The highest BCUT2D eigenvalue weighted by molar-refractivity contribution is 5.95. The van der Waals surface area contributed by atoms with Crippen molar-refractivity contribution in [3.63, 3.8) is 0 Å². The first-order valence-corrected chi connectivity index (χ1v) is 7.55. The molecule has 1 amide bonds. The number of nitrogens with zero attached hydrogens (tertiary/aromatic N) is 4. The van der Waals surface area contributed by atoms with Gasteiger partial charge in [0.15, 0.2) is 0 Å². The molecule has 0 aromatic carbocycles. The van der Waals surface area contributed by atoms with Crippen LogP contribution in [-0.4, -0.2) is 40.5 Å². The van der Waals surface area contributed by atoms with Crippen LogP contribution < -0.4 is 4.90 Å². The third-order valence-electron chi connectivity index (χ3n) is 4.06. The summed E-state index contributed by atoms with van der Waals surface area (Å²) in [6, 6.07) is 3.37. The summed E-state index contributed by atoms with van der Waals surface area (Å²) in [6.45, 7) is 7.58. The fraction of sp³-hybridized carbons (Fsp3) is 0.353. The van der Waals surface area contributed by atoms with Crippen molar-refractivity contribution in [2.75, 3.05) is 24.7 Å². The van der Waals surface area contributed by atoms with Crippen molar-refractivity contribution in [1.82, 2.24) is 14.9 Å². The molecule has 6 heteroatoms. The first-order valence-electron chi connectivity index (χ1n) is 7.55. The van der Waals surface area contributed by atoms with Gasteiger partial charge in [-0.25, -0.2) is 9.97 Å². The summed E-state index contributed by atoms with van der Waals surface area (Å²) in [5, 5.41) is 0. The Balaban J connectivity index is 1.78. The Morgan fingerprint density at radius 2 is 1.87 bits per heavy atom. The summed E-state index contributed by atoms with van der Waals surface area (Å²) in [5.41, 5.74) is 3.26. The van der Waals surface area contributed by atoms with E-state index in [0.717, 1.165) is 23.5 Å². The predicted octanol–water partition coefficient (Wildman–Crippen LogP) is 2.46. The van der Waals surface area contributed by atoms with Gasteiger partial charge in [0.25, 0.3) is 5.91 Å². The largest absolute Gasteiger partial charge is 0.337 e. The minimum absolute atomic E-state index is 0.123. The highest BCUT2D eigenvalue weighted by Gasteiger charge is 2.27. The fourth-order valence-electron chi connectivity index (χ4n) is 2.88. The Kier molecular flexibility index (Phi) is 3.98. The van der Waals surface area contributed by atoms with E-state index in [9.17, 15) is 9.18 Å². The molecule has 2 aromatic rings. The molecule has 3 rings (SSSR count). The normalized spacial score (nSPS) is 14.4. The van der Waals surface area contributed by atoms with E-state index in [1.807, 2.05) is 20.0 Å². The molecule has 0 aliphatic carbocycles. The average molecular weight is 314 g/mol. The van der Waals surface area contributed by atoms with Crippen molar-refractivity contribution in [3.8, 4) is 0 Å². The monoisotopic (exact) mass is 314 g/mol. The standard InChI is InChI=1S/C17H19FN4O/c1-11-6-13(3)16(20-8-11)21-4-5-22(10-21)17(23)14-9-19-15(18)7-12(14)2/h6-9H,4-5,10H2,1-3H3. The molecule has 0 unspecified atom stereocenters. The third kappa shape index (κ3) is 3.02. The van der Waals surface area contributed by atoms with Gasteiger partial charge in [-0.3, -0.25) is 4.79 Å². The van der Waals surface area contributed by atoms with Crippen molar-refractivity contribution < 1.29 is 9.18 Å². The van der Waals surface area contributed by atoms with Crippen LogP contribution in [0.15, 0.2) is 24.5 Å². The maximum Gasteiger partial charge on any atom is 0.257 e. The van der Waals surface area contributed by atoms with Gasteiger partial charge in [0.1, 0.15) is 5.82 Å². The van der Waals surface area contributed by atoms with Gasteiger partial charge in [0.05, 0.1) is 12.2 Å². The molecule has 120 valence electrons. The number of halogens is 1. The van der Waals surface area contributed by atoms with Crippen LogP contribution in [0, 0.1) is 26.7 Å². The van der Waals surface area contributed by atoms with E-state index in [-0.39, 0.29) is 5.91 Å². The molecule has 0 atom stereocenters. The van der Waals surface area contributed by atoms with Crippen molar-refractivity contribution in [1.29, 1.82) is 0 Å². The van der Waals surface area contributed by atoms with Gasteiger partial charge in [-0.1, -0.05) is 6.07 Å². The van der Waals surface area contributed by atoms with E-state index in [1.54, 1.807) is 11.8 Å². The van der Waals surface area contributed by atoms with E-state index < -0.39 is 5.95 Å². The van der Waals surface area contributed by atoms with Crippen molar-refractivity contribution in [3.05, 3.63) is 52.7 Å². The molecule has 1 saturated heterocycles. The Morgan fingerprint density at radius 1 is 1.09 bits per heavy atom. The highest BCUT2D eigenvalue weighted by Crippen LogP contribution is 2.22. The summed E-state index contributed by atoms with van der Waals surface area (Å²) in [6.07, 6.45) is 3.14. The topological polar surface area (TPSA) is 49.3 Å². The number of pyridine rings is 2. The van der Waals surface area contributed by atoms with E-state index in [2.05, 4.69) is 20.9 Å². The molecule has 23 heavy (non-hydrogen) atoms. The minimum Gasteiger partial charge on any atom is -0.337 e. The lowest BCUT2D eigenvalue weighted by Crippen LogP contribution is -2.32. The SMILES string of the molecule is Cc1cnc(N2CCN(C(=O)c3cnc(F)cc3C)C2)c(C)c1.